The van der Waals surface area contributed by atoms with Crippen molar-refractivity contribution in [1.29, 1.82) is 0 Å². The zero-order valence-corrected chi connectivity index (χ0v) is 8.61. The smallest absolute Gasteiger partial charge is 0.0352 e. The lowest BCUT2D eigenvalue weighted by atomic mass is 10.0. The molecule has 0 aliphatic rings. The third-order valence-corrected chi connectivity index (χ3v) is 2.48. The van der Waals surface area contributed by atoms with E-state index >= 15 is 0 Å². The Balaban J connectivity index is 2.03. The van der Waals surface area contributed by atoms with Crippen molar-refractivity contribution < 1.29 is 0 Å². The lowest BCUT2D eigenvalue weighted by molar-refractivity contribution is 0.961. The van der Waals surface area contributed by atoms with Gasteiger partial charge in [-0.1, -0.05) is 42.5 Å². The molecular formula is C14H14N. The van der Waals surface area contributed by atoms with Crippen LogP contribution in [0.5, 0.6) is 0 Å². The summed E-state index contributed by atoms with van der Waals surface area (Å²) in [4.78, 5) is 0. The lowest BCUT2D eigenvalue weighted by Gasteiger charge is -2.04. The normalized spacial score (nSPS) is 10.1. The first-order valence-corrected chi connectivity index (χ1v) is 5.15. The van der Waals surface area contributed by atoms with Crippen molar-refractivity contribution >= 4 is 5.69 Å². The number of anilines is 1. The molecular weight excluding hydrogens is 182 g/mol. The number of nitrogens with two attached hydrogens (primary N) is 1. The van der Waals surface area contributed by atoms with Gasteiger partial charge in [-0.25, -0.2) is 0 Å². The summed E-state index contributed by atoms with van der Waals surface area (Å²) in [6, 6.07) is 19.4. The summed E-state index contributed by atoms with van der Waals surface area (Å²) >= 11 is 0. The molecule has 15 heavy (non-hydrogen) atoms. The predicted octanol–water partition coefficient (Wildman–Crippen LogP) is 2.85. The van der Waals surface area contributed by atoms with E-state index in [4.69, 9.17) is 5.73 Å². The Morgan fingerprint density at radius 2 is 1.73 bits per heavy atom. The van der Waals surface area contributed by atoms with Crippen LogP contribution in [-0.4, -0.2) is 0 Å². The molecule has 0 aliphatic carbocycles. The van der Waals surface area contributed by atoms with E-state index in [1.54, 1.807) is 0 Å². The van der Waals surface area contributed by atoms with Crippen LogP contribution in [0.2, 0.25) is 0 Å². The van der Waals surface area contributed by atoms with E-state index in [1.807, 2.05) is 24.3 Å². The molecule has 0 saturated carbocycles. The first kappa shape index (κ1) is 9.78. The molecule has 0 saturated heterocycles. The monoisotopic (exact) mass is 196 g/mol. The van der Waals surface area contributed by atoms with Gasteiger partial charge in [0.05, 0.1) is 0 Å². The van der Waals surface area contributed by atoms with E-state index in [9.17, 15) is 0 Å². The second-order valence-electron chi connectivity index (χ2n) is 3.59. The van der Waals surface area contributed by atoms with Gasteiger partial charge in [0.25, 0.3) is 0 Å². The zero-order valence-electron chi connectivity index (χ0n) is 8.61. The average molecular weight is 196 g/mol. The average Bonchev–Trinajstić information content (AvgIpc) is 2.29. The van der Waals surface area contributed by atoms with Crippen molar-refractivity contribution in [3.8, 4) is 0 Å². The topological polar surface area (TPSA) is 26.0 Å². The van der Waals surface area contributed by atoms with Gasteiger partial charge < -0.3 is 5.73 Å². The third kappa shape index (κ3) is 2.59. The van der Waals surface area contributed by atoms with Crippen LogP contribution >= 0.6 is 0 Å². The Hall–Kier alpha value is -1.76. The molecule has 0 fully saturated rings. The molecule has 0 atom stereocenters. The Morgan fingerprint density at radius 3 is 2.47 bits per heavy atom. The van der Waals surface area contributed by atoms with Crippen molar-refractivity contribution in [2.24, 2.45) is 0 Å². The Bertz CT molecular complexity index is 420. The largest absolute Gasteiger partial charge is 0.398 e. The van der Waals surface area contributed by atoms with Crippen LogP contribution in [0.25, 0.3) is 0 Å². The summed E-state index contributed by atoms with van der Waals surface area (Å²) in [7, 11) is 0. The summed E-state index contributed by atoms with van der Waals surface area (Å²) < 4.78 is 0. The fourth-order valence-corrected chi connectivity index (χ4v) is 1.61. The SMILES string of the molecule is Nc1ccc[c]c1CCc1ccccc1. The minimum absolute atomic E-state index is 0.841. The van der Waals surface area contributed by atoms with Crippen LogP contribution < -0.4 is 5.73 Å². The van der Waals surface area contributed by atoms with E-state index in [0.29, 0.717) is 0 Å². The molecule has 0 unspecified atom stereocenters. The van der Waals surface area contributed by atoms with Gasteiger partial charge in [0.15, 0.2) is 0 Å². The van der Waals surface area contributed by atoms with Crippen LogP contribution in [0, 0.1) is 6.07 Å². The fraction of sp³-hybridized carbons (Fsp3) is 0.143. The van der Waals surface area contributed by atoms with Crippen LogP contribution in [0.3, 0.4) is 0 Å². The summed E-state index contributed by atoms with van der Waals surface area (Å²) in [6.45, 7) is 0. The van der Waals surface area contributed by atoms with Crippen molar-refractivity contribution in [3.63, 3.8) is 0 Å². The summed E-state index contributed by atoms with van der Waals surface area (Å²) in [6.07, 6.45) is 1.97. The standard InChI is InChI=1S/C14H14N/c15-14-9-5-4-8-13(14)11-10-12-6-2-1-3-7-12/h1-7,9H,10-11,15H2. The van der Waals surface area contributed by atoms with Crippen molar-refractivity contribution in [3.05, 3.63) is 65.7 Å². The molecule has 0 aliphatic heterocycles. The van der Waals surface area contributed by atoms with Gasteiger partial charge in [0.2, 0.25) is 0 Å². The van der Waals surface area contributed by atoms with Crippen molar-refractivity contribution in [2.75, 3.05) is 5.73 Å². The second-order valence-corrected chi connectivity index (χ2v) is 3.59. The van der Waals surface area contributed by atoms with Crippen molar-refractivity contribution in [2.45, 2.75) is 12.8 Å². The number of hydrogen-bond donors (Lipinski definition) is 1. The maximum absolute atomic E-state index is 5.85. The highest BCUT2D eigenvalue weighted by Gasteiger charge is 1.98. The molecule has 0 spiro atoms. The molecule has 0 heterocycles. The van der Waals surface area contributed by atoms with Crippen LogP contribution in [-0.2, 0) is 12.8 Å². The highest BCUT2D eigenvalue weighted by molar-refractivity contribution is 5.45. The Labute approximate surface area is 90.6 Å². The molecule has 75 valence electrons. The number of aryl methyl sites for hydroxylation is 2. The van der Waals surface area contributed by atoms with Crippen molar-refractivity contribution in [1.82, 2.24) is 0 Å². The van der Waals surface area contributed by atoms with E-state index in [1.165, 1.54) is 5.56 Å². The maximum Gasteiger partial charge on any atom is 0.0352 e. The second kappa shape index (κ2) is 4.65. The molecule has 0 aromatic heterocycles. The van der Waals surface area contributed by atoms with E-state index < -0.39 is 0 Å². The zero-order chi connectivity index (χ0) is 10.5. The first-order chi connectivity index (χ1) is 7.36. The molecule has 2 N–H and O–H groups in total. The fourth-order valence-electron chi connectivity index (χ4n) is 1.61. The molecule has 0 bridgehead atoms. The maximum atomic E-state index is 5.85. The number of benzene rings is 2. The van der Waals surface area contributed by atoms with Gasteiger partial charge >= 0.3 is 0 Å². The van der Waals surface area contributed by atoms with E-state index in [2.05, 4.69) is 30.3 Å². The Kier molecular flexibility index (Phi) is 3.03. The number of nitrogen functional groups attached to an aromatic ring is 1. The summed E-state index contributed by atoms with van der Waals surface area (Å²) in [5.74, 6) is 0. The van der Waals surface area contributed by atoms with Gasteiger partial charge in [-0.05, 0) is 36.1 Å². The third-order valence-electron chi connectivity index (χ3n) is 2.48. The molecule has 0 amide bonds. The molecule has 2 rings (SSSR count). The quantitative estimate of drug-likeness (QED) is 0.750. The first-order valence-electron chi connectivity index (χ1n) is 5.15. The lowest BCUT2D eigenvalue weighted by Crippen LogP contribution is -1.96. The molecule has 2 aromatic rings. The van der Waals surface area contributed by atoms with Gasteiger partial charge in [0, 0.05) is 5.69 Å². The summed E-state index contributed by atoms with van der Waals surface area (Å²) in [5, 5.41) is 0. The molecule has 2 aromatic carbocycles. The van der Waals surface area contributed by atoms with E-state index in [0.717, 1.165) is 24.1 Å². The van der Waals surface area contributed by atoms with E-state index in [-0.39, 0.29) is 0 Å². The molecule has 1 nitrogen and oxygen atoms in total. The van der Waals surface area contributed by atoms with Crippen LogP contribution in [0.15, 0.2) is 48.5 Å². The van der Waals surface area contributed by atoms with Gasteiger partial charge in [-0.15, -0.1) is 0 Å². The van der Waals surface area contributed by atoms with Crippen LogP contribution in [0.4, 0.5) is 5.69 Å². The summed E-state index contributed by atoms with van der Waals surface area (Å²) in [5.41, 5.74) is 9.15. The Morgan fingerprint density at radius 1 is 0.933 bits per heavy atom. The molecule has 1 radical (unpaired) electrons. The number of hydrogen-bond acceptors (Lipinski definition) is 1. The van der Waals surface area contributed by atoms with Gasteiger partial charge in [0.1, 0.15) is 0 Å². The van der Waals surface area contributed by atoms with Gasteiger partial charge in [-0.3, -0.25) is 0 Å². The highest BCUT2D eigenvalue weighted by Crippen LogP contribution is 2.13. The minimum Gasteiger partial charge on any atom is -0.398 e. The highest BCUT2D eigenvalue weighted by atomic mass is 14.6. The van der Waals surface area contributed by atoms with Crippen LogP contribution in [0.1, 0.15) is 11.1 Å². The molecule has 1 heteroatoms. The minimum atomic E-state index is 0.841. The predicted molar refractivity (Wildman–Crippen MR) is 63.5 cm³/mol. The van der Waals surface area contributed by atoms with Gasteiger partial charge in [-0.2, -0.15) is 0 Å². The number of rotatable bonds is 3.